The Bertz CT molecular complexity index is 1380. The van der Waals surface area contributed by atoms with Gasteiger partial charge in [-0.25, -0.2) is 26.3 Å². The van der Waals surface area contributed by atoms with E-state index in [-0.39, 0.29) is 35.8 Å². The van der Waals surface area contributed by atoms with Gasteiger partial charge in [-0.05, 0) is 49.9 Å². The zero-order valence-corrected chi connectivity index (χ0v) is 25.8. The van der Waals surface area contributed by atoms with Crippen LogP contribution in [0.1, 0.15) is 37.8 Å². The molecule has 2 N–H and O–H groups in total. The van der Waals surface area contributed by atoms with Gasteiger partial charge in [0.2, 0.25) is 20.0 Å². The molecule has 10 nitrogen and oxygen atoms in total. The fourth-order valence-electron chi connectivity index (χ4n) is 4.07. The van der Waals surface area contributed by atoms with E-state index >= 15 is 0 Å². The number of sulfonamides is 2. The SMILES string of the molecule is Cc1ccc(S(=O)(=O)N[C@H]2COC(=O)C/C=C/[C@H](C)[C@@H](NS(=O)(=O)c3ccc(C)cc3)COC(=O)C/C=C/[C@@H]2C)cc1. The van der Waals surface area contributed by atoms with Gasteiger partial charge < -0.3 is 9.47 Å². The molecule has 0 spiro atoms. The van der Waals surface area contributed by atoms with E-state index in [4.69, 9.17) is 9.47 Å². The third-order valence-corrected chi connectivity index (χ3v) is 9.85. The Morgan fingerprint density at radius 2 is 0.952 bits per heavy atom. The van der Waals surface area contributed by atoms with Crippen LogP contribution in [0.4, 0.5) is 0 Å². The van der Waals surface area contributed by atoms with Crippen molar-refractivity contribution in [3.05, 3.63) is 84.0 Å². The Morgan fingerprint density at radius 1 is 0.619 bits per heavy atom. The number of cyclic esters (lactones) is 2. The monoisotopic (exact) mass is 618 g/mol. The van der Waals surface area contributed by atoms with E-state index in [9.17, 15) is 26.4 Å². The number of benzene rings is 2. The van der Waals surface area contributed by atoms with Crippen molar-refractivity contribution in [2.75, 3.05) is 13.2 Å². The lowest BCUT2D eigenvalue weighted by molar-refractivity contribution is -0.144. The van der Waals surface area contributed by atoms with Crippen molar-refractivity contribution >= 4 is 32.0 Å². The lowest BCUT2D eigenvalue weighted by atomic mass is 10.0. The molecule has 0 aliphatic carbocycles. The number of esters is 2. The van der Waals surface area contributed by atoms with Gasteiger partial charge in [-0.3, -0.25) is 9.59 Å². The van der Waals surface area contributed by atoms with Crippen molar-refractivity contribution in [1.82, 2.24) is 9.44 Å². The highest BCUT2D eigenvalue weighted by molar-refractivity contribution is 7.89. The molecule has 3 rings (SSSR count). The van der Waals surface area contributed by atoms with Gasteiger partial charge in [0.1, 0.15) is 13.2 Å². The Hall–Kier alpha value is -3.32. The molecule has 42 heavy (non-hydrogen) atoms. The molecule has 0 saturated heterocycles. The van der Waals surface area contributed by atoms with Gasteiger partial charge in [0.25, 0.3) is 0 Å². The lowest BCUT2D eigenvalue weighted by Crippen LogP contribution is -2.43. The zero-order chi connectivity index (χ0) is 30.9. The molecule has 1 aliphatic heterocycles. The summed E-state index contributed by atoms with van der Waals surface area (Å²) in [4.78, 5) is 25.2. The number of hydrogen-bond acceptors (Lipinski definition) is 8. The summed E-state index contributed by atoms with van der Waals surface area (Å²) in [5.41, 5.74) is 1.82. The lowest BCUT2D eigenvalue weighted by Gasteiger charge is -2.24. The summed E-state index contributed by atoms with van der Waals surface area (Å²) in [5, 5.41) is 0. The van der Waals surface area contributed by atoms with Crippen LogP contribution in [-0.4, -0.2) is 54.1 Å². The van der Waals surface area contributed by atoms with Crippen molar-refractivity contribution in [1.29, 1.82) is 0 Å². The van der Waals surface area contributed by atoms with Gasteiger partial charge in [-0.2, -0.15) is 0 Å². The van der Waals surface area contributed by atoms with E-state index in [1.54, 1.807) is 62.4 Å². The number of ether oxygens (including phenoxy) is 2. The standard InChI is InChI=1S/C30H38N2O8S2/c1-21-11-15-25(16-12-21)41(35,36)31-27-19-39-29(33)10-6-8-24(4)28(20-40-30(34)9-5-7-23(27)3)32-42(37,38)26-17-13-22(2)14-18-26/h5-8,11-18,23-24,27-28,31-32H,9-10,19-20H2,1-4H3/b7-5+,8-6+/t23-,24-,27-,28-/m0/s1. The normalized spacial score (nSPS) is 24.8. The van der Waals surface area contributed by atoms with Crippen molar-refractivity contribution in [3.8, 4) is 0 Å². The highest BCUT2D eigenvalue weighted by Crippen LogP contribution is 2.17. The summed E-state index contributed by atoms with van der Waals surface area (Å²) in [6, 6.07) is 11.1. The van der Waals surface area contributed by atoms with Gasteiger partial charge in [-0.15, -0.1) is 0 Å². The maximum Gasteiger partial charge on any atom is 0.309 e. The molecule has 2 aromatic carbocycles. The zero-order valence-electron chi connectivity index (χ0n) is 24.1. The number of nitrogens with one attached hydrogen (secondary N) is 2. The van der Waals surface area contributed by atoms with Crippen LogP contribution < -0.4 is 9.44 Å². The van der Waals surface area contributed by atoms with Gasteiger partial charge >= 0.3 is 11.9 Å². The third kappa shape index (κ3) is 9.90. The molecule has 228 valence electrons. The Morgan fingerprint density at radius 3 is 1.29 bits per heavy atom. The number of carbonyl (C=O) groups excluding carboxylic acids is 2. The number of carbonyl (C=O) groups is 2. The van der Waals surface area contributed by atoms with Crippen molar-refractivity contribution in [2.45, 2.75) is 62.4 Å². The molecule has 1 aliphatic rings. The smallest absolute Gasteiger partial charge is 0.309 e. The summed E-state index contributed by atoms with van der Waals surface area (Å²) < 4.78 is 68.1. The minimum Gasteiger partial charge on any atom is -0.464 e. The molecule has 12 heteroatoms. The van der Waals surface area contributed by atoms with Crippen LogP contribution in [-0.2, 0) is 39.1 Å². The third-order valence-electron chi connectivity index (χ3n) is 6.84. The topological polar surface area (TPSA) is 145 Å². The Kier molecular flexibility index (Phi) is 11.6. The van der Waals surface area contributed by atoms with Crippen LogP contribution in [0, 0.1) is 25.7 Å². The summed E-state index contributed by atoms with van der Waals surface area (Å²) >= 11 is 0. The van der Waals surface area contributed by atoms with Crippen molar-refractivity contribution < 1.29 is 35.9 Å². The van der Waals surface area contributed by atoms with Crippen LogP contribution in [0.25, 0.3) is 0 Å². The predicted octanol–water partition coefficient (Wildman–Crippen LogP) is 3.56. The maximum atomic E-state index is 13.0. The Labute approximate surface area is 248 Å². The quantitative estimate of drug-likeness (QED) is 0.369. The van der Waals surface area contributed by atoms with E-state index in [1.807, 2.05) is 13.8 Å². The van der Waals surface area contributed by atoms with E-state index in [0.29, 0.717) is 0 Å². The molecule has 0 amide bonds. The second kappa shape index (κ2) is 14.7. The predicted molar refractivity (Wildman–Crippen MR) is 158 cm³/mol. The summed E-state index contributed by atoms with van der Waals surface area (Å²) in [7, 11) is -7.83. The average molecular weight is 619 g/mol. The first-order valence-corrected chi connectivity index (χ1v) is 16.6. The van der Waals surface area contributed by atoms with E-state index in [1.165, 1.54) is 24.3 Å². The van der Waals surface area contributed by atoms with Gasteiger partial charge in [-0.1, -0.05) is 73.5 Å². The van der Waals surface area contributed by atoms with E-state index in [2.05, 4.69) is 9.44 Å². The molecule has 2 aromatic rings. The molecule has 0 unspecified atom stereocenters. The highest BCUT2D eigenvalue weighted by Gasteiger charge is 2.27. The minimum absolute atomic E-state index is 0.0794. The molecule has 0 fully saturated rings. The fourth-order valence-corrected chi connectivity index (χ4v) is 6.69. The van der Waals surface area contributed by atoms with Gasteiger partial charge in [0.05, 0.1) is 34.7 Å². The van der Waals surface area contributed by atoms with Crippen LogP contribution in [0.3, 0.4) is 0 Å². The minimum atomic E-state index is -3.91. The molecule has 0 bridgehead atoms. The largest absolute Gasteiger partial charge is 0.464 e. The number of aryl methyl sites for hydroxylation is 2. The summed E-state index contributed by atoms with van der Waals surface area (Å²) in [6.07, 6.45) is 6.13. The molecule has 0 radical (unpaired) electrons. The van der Waals surface area contributed by atoms with E-state index < -0.39 is 55.9 Å². The maximum absolute atomic E-state index is 13.0. The summed E-state index contributed by atoms with van der Waals surface area (Å²) in [5.74, 6) is -2.07. The first kappa shape index (κ1) is 33.2. The van der Waals surface area contributed by atoms with Crippen LogP contribution in [0.2, 0.25) is 0 Å². The van der Waals surface area contributed by atoms with Gasteiger partial charge in [0, 0.05) is 0 Å². The molecule has 4 atom stereocenters. The fraction of sp³-hybridized carbons (Fsp3) is 0.400. The molecular weight excluding hydrogens is 580 g/mol. The van der Waals surface area contributed by atoms with Crippen LogP contribution in [0.15, 0.2) is 82.6 Å². The average Bonchev–Trinajstić information content (AvgIpc) is 2.93. The van der Waals surface area contributed by atoms with Crippen LogP contribution >= 0.6 is 0 Å². The molecular formula is C30H38N2O8S2. The Balaban J connectivity index is 1.76. The number of hydrogen-bond donors (Lipinski definition) is 2. The second-order valence-corrected chi connectivity index (χ2v) is 13.9. The van der Waals surface area contributed by atoms with Crippen molar-refractivity contribution in [3.63, 3.8) is 0 Å². The molecule has 0 aromatic heterocycles. The van der Waals surface area contributed by atoms with E-state index in [0.717, 1.165) is 11.1 Å². The second-order valence-electron chi connectivity index (χ2n) is 10.4. The van der Waals surface area contributed by atoms with Crippen LogP contribution in [0.5, 0.6) is 0 Å². The van der Waals surface area contributed by atoms with Crippen molar-refractivity contribution in [2.24, 2.45) is 11.8 Å². The molecule has 1 heterocycles. The number of rotatable bonds is 6. The highest BCUT2D eigenvalue weighted by atomic mass is 32.2. The first-order valence-electron chi connectivity index (χ1n) is 13.6. The van der Waals surface area contributed by atoms with Gasteiger partial charge in [0.15, 0.2) is 0 Å². The molecule has 0 saturated carbocycles. The summed E-state index contributed by atoms with van der Waals surface area (Å²) in [6.45, 7) is 6.70. The first-order chi connectivity index (χ1) is 19.8.